The molecule has 9 nitrogen and oxygen atoms in total. The maximum atomic E-state index is 4.58. The molecule has 0 radical (unpaired) electrons. The van der Waals surface area contributed by atoms with E-state index in [4.69, 9.17) is 0 Å². The van der Waals surface area contributed by atoms with Gasteiger partial charge in [0.2, 0.25) is 5.95 Å². The molecule has 4 aromatic rings. The van der Waals surface area contributed by atoms with Crippen molar-refractivity contribution in [3.05, 3.63) is 72.7 Å². The van der Waals surface area contributed by atoms with Gasteiger partial charge in [-0.1, -0.05) is 6.07 Å². The van der Waals surface area contributed by atoms with E-state index in [0.717, 1.165) is 30.2 Å². The van der Waals surface area contributed by atoms with Gasteiger partial charge < -0.3 is 20.9 Å². The minimum Gasteiger partial charge on any atom is -0.368 e. The Morgan fingerprint density at radius 3 is 2.26 bits per heavy atom. The normalized spacial score (nSPS) is 17.7. The van der Waals surface area contributed by atoms with Crippen LogP contribution in [0.25, 0.3) is 11.5 Å². The number of hydrogen-bond donors (Lipinski definition) is 3. The molecule has 0 amide bonds. The number of rotatable bonds is 6. The van der Waals surface area contributed by atoms with Gasteiger partial charge >= 0.3 is 0 Å². The van der Waals surface area contributed by atoms with E-state index in [2.05, 4.69) is 83.9 Å². The first kappa shape index (κ1) is 22.7. The summed E-state index contributed by atoms with van der Waals surface area (Å²) in [5, 5.41) is 10.1. The molecular formula is C26H29N9. The Balaban J connectivity index is 1.26. The van der Waals surface area contributed by atoms with E-state index in [-0.39, 0.29) is 0 Å². The van der Waals surface area contributed by atoms with E-state index in [1.807, 2.05) is 25.1 Å². The maximum absolute atomic E-state index is 4.58. The van der Waals surface area contributed by atoms with Crippen molar-refractivity contribution < 1.29 is 0 Å². The fourth-order valence-electron chi connectivity index (χ4n) is 4.26. The number of aryl methyl sites for hydroxylation is 1. The second kappa shape index (κ2) is 10.0. The van der Waals surface area contributed by atoms with Crippen molar-refractivity contribution in [3.63, 3.8) is 0 Å². The molecule has 0 saturated carbocycles. The van der Waals surface area contributed by atoms with Gasteiger partial charge in [-0.2, -0.15) is 4.98 Å². The molecular weight excluding hydrogens is 438 g/mol. The highest BCUT2D eigenvalue weighted by Gasteiger charge is 2.20. The highest BCUT2D eigenvalue weighted by Crippen LogP contribution is 2.23. The molecule has 5 rings (SSSR count). The average molecular weight is 468 g/mol. The Kier molecular flexibility index (Phi) is 6.49. The first-order valence-electron chi connectivity index (χ1n) is 11.8. The topological polar surface area (TPSA) is 104 Å². The Bertz CT molecular complexity index is 1280. The molecule has 1 fully saturated rings. The molecule has 178 valence electrons. The number of hydrogen-bond acceptors (Lipinski definition) is 9. The van der Waals surface area contributed by atoms with Crippen LogP contribution in [0.1, 0.15) is 19.5 Å². The Labute approximate surface area is 205 Å². The summed E-state index contributed by atoms with van der Waals surface area (Å²) in [6, 6.07) is 18.7. The van der Waals surface area contributed by atoms with Crippen LogP contribution in [0.4, 0.5) is 29.0 Å². The van der Waals surface area contributed by atoms with Crippen molar-refractivity contribution in [2.75, 3.05) is 28.6 Å². The van der Waals surface area contributed by atoms with E-state index >= 15 is 0 Å². The summed E-state index contributed by atoms with van der Waals surface area (Å²) < 4.78 is 0. The van der Waals surface area contributed by atoms with Gasteiger partial charge in [0.1, 0.15) is 17.3 Å². The van der Waals surface area contributed by atoms with Crippen LogP contribution in [0.3, 0.4) is 0 Å². The summed E-state index contributed by atoms with van der Waals surface area (Å²) in [5.41, 5.74) is 3.79. The number of benzene rings is 1. The predicted molar refractivity (Wildman–Crippen MR) is 139 cm³/mol. The van der Waals surface area contributed by atoms with Crippen molar-refractivity contribution >= 4 is 29.0 Å². The molecule has 0 aliphatic carbocycles. The molecule has 35 heavy (non-hydrogen) atoms. The minimum atomic E-state index is 0.472. The van der Waals surface area contributed by atoms with E-state index in [1.165, 1.54) is 5.69 Å². The molecule has 9 heteroatoms. The monoisotopic (exact) mass is 467 g/mol. The molecule has 1 aliphatic heterocycles. The third-order valence-electron chi connectivity index (χ3n) is 5.73. The van der Waals surface area contributed by atoms with Crippen LogP contribution in [0.5, 0.6) is 0 Å². The molecule has 4 heterocycles. The molecule has 0 bridgehead atoms. The molecule has 1 aromatic carbocycles. The van der Waals surface area contributed by atoms with Crippen molar-refractivity contribution in [3.8, 4) is 11.5 Å². The van der Waals surface area contributed by atoms with Gasteiger partial charge in [0, 0.05) is 54.6 Å². The average Bonchev–Trinajstić information content (AvgIpc) is 2.84. The molecule has 3 N–H and O–H groups in total. The van der Waals surface area contributed by atoms with Gasteiger partial charge in [-0.25, -0.2) is 19.9 Å². The first-order chi connectivity index (χ1) is 17.0. The predicted octanol–water partition coefficient (Wildman–Crippen LogP) is 4.31. The van der Waals surface area contributed by atoms with E-state index < -0.39 is 0 Å². The van der Waals surface area contributed by atoms with Crippen LogP contribution in [0.2, 0.25) is 0 Å². The number of piperazine rings is 1. The number of nitrogens with one attached hydrogen (secondary N) is 3. The second-order valence-corrected chi connectivity index (χ2v) is 8.87. The summed E-state index contributed by atoms with van der Waals surface area (Å²) in [4.78, 5) is 24.8. The van der Waals surface area contributed by atoms with Gasteiger partial charge in [-0.15, -0.1) is 0 Å². The van der Waals surface area contributed by atoms with Crippen LogP contribution >= 0.6 is 0 Å². The quantitative estimate of drug-likeness (QED) is 0.383. The van der Waals surface area contributed by atoms with Crippen LogP contribution in [0, 0.1) is 6.92 Å². The van der Waals surface area contributed by atoms with Crippen LogP contribution < -0.4 is 20.9 Å². The lowest BCUT2D eigenvalue weighted by Gasteiger charge is -2.37. The molecule has 1 aliphatic rings. The number of anilines is 5. The third kappa shape index (κ3) is 5.70. The summed E-state index contributed by atoms with van der Waals surface area (Å²) in [6.45, 7) is 8.38. The molecule has 2 atom stereocenters. The molecule has 0 unspecified atom stereocenters. The maximum Gasteiger partial charge on any atom is 0.229 e. The first-order valence-corrected chi connectivity index (χ1v) is 11.8. The summed E-state index contributed by atoms with van der Waals surface area (Å²) >= 11 is 0. The van der Waals surface area contributed by atoms with Crippen LogP contribution in [0.15, 0.2) is 67.0 Å². The van der Waals surface area contributed by atoms with E-state index in [1.54, 1.807) is 24.5 Å². The van der Waals surface area contributed by atoms with Crippen molar-refractivity contribution in [1.82, 2.24) is 30.2 Å². The Hall–Kier alpha value is -4.11. The van der Waals surface area contributed by atoms with Gasteiger partial charge in [-0.3, -0.25) is 0 Å². The summed E-state index contributed by atoms with van der Waals surface area (Å²) in [5.74, 6) is 2.32. The largest absolute Gasteiger partial charge is 0.368 e. The van der Waals surface area contributed by atoms with Gasteiger partial charge in [-0.05, 0) is 69.3 Å². The lowest BCUT2D eigenvalue weighted by Crippen LogP contribution is -2.54. The zero-order chi connectivity index (χ0) is 24.2. The molecule has 1 saturated heterocycles. The lowest BCUT2D eigenvalue weighted by molar-refractivity contribution is 0.407. The Morgan fingerprint density at radius 1 is 0.800 bits per heavy atom. The summed E-state index contributed by atoms with van der Waals surface area (Å²) in [6.07, 6.45) is 3.41. The van der Waals surface area contributed by atoms with Gasteiger partial charge in [0.25, 0.3) is 0 Å². The van der Waals surface area contributed by atoms with Gasteiger partial charge in [0.15, 0.2) is 5.82 Å². The number of nitrogens with zero attached hydrogens (tertiary/aromatic N) is 6. The zero-order valence-corrected chi connectivity index (χ0v) is 20.1. The Morgan fingerprint density at radius 2 is 1.51 bits per heavy atom. The second-order valence-electron chi connectivity index (χ2n) is 8.87. The molecule has 3 aromatic heterocycles. The third-order valence-corrected chi connectivity index (χ3v) is 5.73. The smallest absolute Gasteiger partial charge is 0.229 e. The van der Waals surface area contributed by atoms with E-state index in [0.29, 0.717) is 35.5 Å². The van der Waals surface area contributed by atoms with Crippen LogP contribution in [-0.4, -0.2) is 50.1 Å². The van der Waals surface area contributed by atoms with Gasteiger partial charge in [0.05, 0.1) is 0 Å². The van der Waals surface area contributed by atoms with Crippen LogP contribution in [-0.2, 0) is 0 Å². The van der Waals surface area contributed by atoms with E-state index in [9.17, 15) is 0 Å². The highest BCUT2D eigenvalue weighted by atomic mass is 15.2. The summed E-state index contributed by atoms with van der Waals surface area (Å²) in [7, 11) is 0. The van der Waals surface area contributed by atoms with Crippen molar-refractivity contribution in [2.24, 2.45) is 0 Å². The fraction of sp³-hybridized carbons (Fsp3) is 0.269. The fourth-order valence-corrected chi connectivity index (χ4v) is 4.26. The minimum absolute atomic E-state index is 0.472. The van der Waals surface area contributed by atoms with Crippen molar-refractivity contribution in [1.29, 1.82) is 0 Å². The standard InChI is InChI=1S/C26H29N9/c1-17-5-4-6-22(30-17)25-27-13-11-23(33-25)32-24-12-14-28-26(34-24)31-20-7-9-21(10-8-20)35-15-18(2)29-19(3)16-35/h4-14,18-19,29H,15-16H2,1-3H3,(H2,27,28,31,32,33,34)/t18-,19+. The molecule has 0 spiro atoms. The zero-order valence-electron chi connectivity index (χ0n) is 20.1. The van der Waals surface area contributed by atoms with Crippen molar-refractivity contribution in [2.45, 2.75) is 32.9 Å². The SMILES string of the molecule is Cc1cccc(-c2nccc(Nc3ccnc(Nc4ccc(N5C[C@@H](C)N[C@@H](C)C5)cc4)n3)n2)n1. The number of aromatic nitrogens is 5. The number of pyridine rings is 1. The highest BCUT2D eigenvalue weighted by molar-refractivity contribution is 5.62. The lowest BCUT2D eigenvalue weighted by atomic mass is 10.1.